The Labute approximate surface area is 191 Å². The molecule has 164 valence electrons. The quantitative estimate of drug-likeness (QED) is 0.395. The monoisotopic (exact) mass is 438 g/mol. The Balaban J connectivity index is 1.30. The van der Waals surface area contributed by atoms with Crippen molar-refractivity contribution in [2.24, 2.45) is 5.92 Å². The number of carboxylic acid groups (broad SMARTS) is 1. The normalized spacial score (nSPS) is 15.0. The molecule has 1 atom stereocenters. The molecule has 0 saturated carbocycles. The number of oxazole rings is 1. The lowest BCUT2D eigenvalue weighted by Gasteiger charge is -2.25. The van der Waals surface area contributed by atoms with Crippen molar-refractivity contribution in [3.8, 4) is 23.0 Å². The molecule has 33 heavy (non-hydrogen) atoms. The molecule has 5 rings (SSSR count). The lowest BCUT2D eigenvalue weighted by molar-refractivity contribution is 0.0690. The summed E-state index contributed by atoms with van der Waals surface area (Å²) in [4.78, 5) is 19.7. The third-order valence-corrected chi connectivity index (χ3v) is 5.88. The van der Waals surface area contributed by atoms with E-state index in [9.17, 15) is 4.79 Å². The summed E-state index contributed by atoms with van der Waals surface area (Å²) >= 11 is 0. The first-order valence-corrected chi connectivity index (χ1v) is 10.8. The van der Waals surface area contributed by atoms with E-state index in [1.165, 1.54) is 17.2 Å². The van der Waals surface area contributed by atoms with E-state index in [0.29, 0.717) is 17.3 Å². The number of hydrogen-bond acceptors (Lipinski definition) is 5. The van der Waals surface area contributed by atoms with Crippen molar-refractivity contribution >= 4 is 11.5 Å². The number of ether oxygens (including phenoxy) is 1. The molecule has 0 radical (unpaired) electrons. The summed E-state index contributed by atoms with van der Waals surface area (Å²) in [5.41, 5.74) is 3.79. The molecule has 0 bridgehead atoms. The minimum atomic E-state index is -1.08. The van der Waals surface area contributed by atoms with Crippen molar-refractivity contribution in [1.29, 1.82) is 0 Å². The van der Waals surface area contributed by atoms with Crippen molar-refractivity contribution in [1.82, 2.24) is 9.97 Å². The molecule has 2 aromatic carbocycles. The molecule has 6 nitrogen and oxygen atoms in total. The van der Waals surface area contributed by atoms with Gasteiger partial charge in [-0.3, -0.25) is 0 Å². The fourth-order valence-corrected chi connectivity index (χ4v) is 4.12. The summed E-state index contributed by atoms with van der Waals surface area (Å²) < 4.78 is 11.9. The molecule has 0 saturated heterocycles. The molecule has 1 N–H and O–H groups in total. The number of carbonyl (C=O) groups is 1. The molecule has 2 aromatic heterocycles. The number of benzene rings is 2. The number of rotatable bonds is 6. The van der Waals surface area contributed by atoms with Gasteiger partial charge in [0.05, 0.1) is 6.20 Å². The van der Waals surface area contributed by atoms with Crippen molar-refractivity contribution < 1.29 is 19.1 Å². The van der Waals surface area contributed by atoms with Crippen LogP contribution in [0, 0.1) is 5.92 Å². The van der Waals surface area contributed by atoms with E-state index in [-0.39, 0.29) is 11.6 Å². The van der Waals surface area contributed by atoms with Gasteiger partial charge in [0.25, 0.3) is 0 Å². The van der Waals surface area contributed by atoms with Crippen LogP contribution in [0.1, 0.15) is 33.9 Å². The molecule has 6 heteroatoms. The van der Waals surface area contributed by atoms with E-state index in [0.717, 1.165) is 36.3 Å². The third kappa shape index (κ3) is 4.41. The van der Waals surface area contributed by atoms with Gasteiger partial charge < -0.3 is 14.3 Å². The minimum absolute atomic E-state index is 0.0382. The van der Waals surface area contributed by atoms with Gasteiger partial charge in [-0.1, -0.05) is 36.9 Å². The largest absolute Gasteiger partial charge is 0.477 e. The molecular formula is C27H22N2O4. The van der Waals surface area contributed by atoms with Crippen LogP contribution in [-0.4, -0.2) is 21.0 Å². The van der Waals surface area contributed by atoms with E-state index in [1.54, 1.807) is 18.3 Å². The second kappa shape index (κ2) is 8.74. The van der Waals surface area contributed by atoms with Crippen LogP contribution in [0.3, 0.4) is 0 Å². The van der Waals surface area contributed by atoms with E-state index in [1.807, 2.05) is 36.4 Å². The Morgan fingerprint density at radius 3 is 2.70 bits per heavy atom. The smallest absolute Gasteiger partial charge is 0.354 e. The number of aromatic carboxylic acids is 1. The molecule has 1 aliphatic rings. The number of aryl methyl sites for hydroxylation is 1. The number of nitrogens with zero attached hydrogens (tertiary/aromatic N) is 2. The Morgan fingerprint density at radius 2 is 1.88 bits per heavy atom. The molecule has 0 aliphatic heterocycles. The van der Waals surface area contributed by atoms with Crippen LogP contribution in [0.2, 0.25) is 0 Å². The number of hydrogen-bond donors (Lipinski definition) is 1. The van der Waals surface area contributed by atoms with Gasteiger partial charge in [-0.05, 0) is 72.7 Å². The summed E-state index contributed by atoms with van der Waals surface area (Å²) in [6.07, 6.45) is 4.27. The molecule has 1 unspecified atom stereocenters. The average molecular weight is 438 g/mol. The fourth-order valence-electron chi connectivity index (χ4n) is 4.12. The Morgan fingerprint density at radius 1 is 1.03 bits per heavy atom. The zero-order valence-corrected chi connectivity index (χ0v) is 17.9. The van der Waals surface area contributed by atoms with E-state index in [2.05, 4.69) is 28.7 Å². The van der Waals surface area contributed by atoms with E-state index >= 15 is 0 Å². The molecule has 0 amide bonds. The van der Waals surface area contributed by atoms with Crippen molar-refractivity contribution in [3.63, 3.8) is 0 Å². The molecule has 0 fully saturated rings. The number of allylic oxidation sites excluding steroid dienone is 1. The first-order valence-electron chi connectivity index (χ1n) is 10.8. The minimum Gasteiger partial charge on any atom is -0.477 e. The number of pyridine rings is 1. The van der Waals surface area contributed by atoms with Crippen molar-refractivity contribution in [2.45, 2.75) is 19.3 Å². The van der Waals surface area contributed by atoms with Crippen LogP contribution in [0.4, 0.5) is 0 Å². The number of para-hydroxylation sites is 1. The maximum Gasteiger partial charge on any atom is 0.354 e. The zero-order chi connectivity index (χ0) is 22.8. The van der Waals surface area contributed by atoms with Gasteiger partial charge in [0, 0.05) is 5.57 Å². The highest BCUT2D eigenvalue weighted by molar-refractivity contribution is 5.85. The van der Waals surface area contributed by atoms with Gasteiger partial charge in [-0.25, -0.2) is 14.8 Å². The molecule has 1 aliphatic carbocycles. The molecular weight excluding hydrogens is 416 g/mol. The predicted molar refractivity (Wildman–Crippen MR) is 124 cm³/mol. The highest BCUT2D eigenvalue weighted by atomic mass is 16.5. The van der Waals surface area contributed by atoms with Crippen LogP contribution < -0.4 is 4.74 Å². The molecule has 2 heterocycles. The second-order valence-corrected chi connectivity index (χ2v) is 8.05. The molecule has 4 aromatic rings. The first kappa shape index (κ1) is 20.7. The highest BCUT2D eigenvalue weighted by Crippen LogP contribution is 2.36. The Hall–Kier alpha value is -4.19. The van der Waals surface area contributed by atoms with Gasteiger partial charge in [0.15, 0.2) is 5.76 Å². The average Bonchev–Trinajstić information content (AvgIpc) is 3.34. The highest BCUT2D eigenvalue weighted by Gasteiger charge is 2.25. The van der Waals surface area contributed by atoms with Crippen molar-refractivity contribution in [3.05, 3.63) is 102 Å². The lowest BCUT2D eigenvalue weighted by atomic mass is 9.80. The fraction of sp³-hybridized carbons (Fsp3) is 0.148. The summed E-state index contributed by atoms with van der Waals surface area (Å²) in [5.74, 6) is 1.67. The summed E-state index contributed by atoms with van der Waals surface area (Å²) in [7, 11) is 0. The van der Waals surface area contributed by atoms with Gasteiger partial charge >= 0.3 is 5.97 Å². The van der Waals surface area contributed by atoms with E-state index < -0.39 is 5.97 Å². The summed E-state index contributed by atoms with van der Waals surface area (Å²) in [5, 5.41) is 9.16. The topological polar surface area (TPSA) is 85.5 Å². The van der Waals surface area contributed by atoms with Crippen LogP contribution in [-0.2, 0) is 12.8 Å². The van der Waals surface area contributed by atoms with E-state index in [4.69, 9.17) is 14.3 Å². The number of aromatic nitrogens is 2. The number of fused-ring (bicyclic) bond motifs is 1. The van der Waals surface area contributed by atoms with Crippen molar-refractivity contribution in [2.75, 3.05) is 0 Å². The Bertz CT molecular complexity index is 1330. The molecule has 0 spiro atoms. The van der Waals surface area contributed by atoms with Gasteiger partial charge in [0.1, 0.15) is 22.9 Å². The van der Waals surface area contributed by atoms with Crippen LogP contribution in [0.15, 0.2) is 83.9 Å². The summed E-state index contributed by atoms with van der Waals surface area (Å²) in [6, 6.07) is 20.8. The van der Waals surface area contributed by atoms with Gasteiger partial charge in [-0.2, -0.15) is 0 Å². The van der Waals surface area contributed by atoms with Crippen LogP contribution in [0.25, 0.3) is 17.0 Å². The zero-order valence-electron chi connectivity index (χ0n) is 17.9. The maximum atomic E-state index is 11.2. The summed E-state index contributed by atoms with van der Waals surface area (Å²) in [6.45, 7) is 4.25. The van der Waals surface area contributed by atoms with Crippen LogP contribution in [0.5, 0.6) is 11.5 Å². The third-order valence-electron chi connectivity index (χ3n) is 5.88. The Kier molecular flexibility index (Phi) is 5.48. The predicted octanol–water partition coefficient (Wildman–Crippen LogP) is 6.05. The second-order valence-electron chi connectivity index (χ2n) is 8.05. The standard InChI is InChI=1S/C27H22N2O4/c1-17(26-28-16-25(33-26)23-8-5-9-24(29-23)27(30)31)18-10-11-20-15-22(13-12-19(20)14-18)32-21-6-3-2-4-7-21/h2-9,12-13,15-16,18H,1,10-11,14H2,(H,30,31). The number of carboxylic acids is 1. The van der Waals surface area contributed by atoms with Gasteiger partial charge in [-0.15, -0.1) is 0 Å². The lowest BCUT2D eigenvalue weighted by Crippen LogP contribution is -2.15. The van der Waals surface area contributed by atoms with Crippen LogP contribution >= 0.6 is 0 Å². The van der Waals surface area contributed by atoms with Gasteiger partial charge in [0.2, 0.25) is 5.89 Å². The maximum absolute atomic E-state index is 11.2. The SMILES string of the molecule is C=C(c1ncc(-c2cccc(C(=O)O)n2)o1)C1CCc2cc(Oc3ccccc3)ccc2C1. The first-order chi connectivity index (χ1) is 16.1.